The van der Waals surface area contributed by atoms with E-state index in [0.29, 0.717) is 29.4 Å². The molecule has 0 spiro atoms. The Bertz CT molecular complexity index is 822. The molecule has 0 heterocycles. The van der Waals surface area contributed by atoms with Gasteiger partial charge in [-0.15, -0.1) is 0 Å². The van der Waals surface area contributed by atoms with Crippen molar-refractivity contribution in [1.29, 1.82) is 0 Å². The molecule has 6 heteroatoms. The summed E-state index contributed by atoms with van der Waals surface area (Å²) in [6.45, 7) is 6.38. The Labute approximate surface area is 176 Å². The van der Waals surface area contributed by atoms with Crippen molar-refractivity contribution in [2.75, 3.05) is 6.54 Å². The van der Waals surface area contributed by atoms with Crippen molar-refractivity contribution in [2.45, 2.75) is 46.2 Å². The minimum absolute atomic E-state index is 0.0923. The Hall–Kier alpha value is -2.04. The monoisotopic (exact) mass is 420 g/mol. The smallest absolute Gasteiger partial charge is 0.242 e. The van der Waals surface area contributed by atoms with Crippen molar-refractivity contribution in [3.63, 3.8) is 0 Å². The Morgan fingerprint density at radius 2 is 1.79 bits per heavy atom. The van der Waals surface area contributed by atoms with Crippen LogP contribution >= 0.6 is 23.2 Å². The Morgan fingerprint density at radius 3 is 2.39 bits per heavy atom. The summed E-state index contributed by atoms with van der Waals surface area (Å²) in [7, 11) is 0. The summed E-state index contributed by atoms with van der Waals surface area (Å²) in [5.74, 6) is -0.276. The molecule has 0 aromatic heterocycles. The standard InChI is InChI=1S/C22H26Cl2N2O2/c1-4-25-22(28)16(3)26(14-18-10-11-19(23)13-20(18)24)21(27)12-9-17-7-5-15(2)6-8-17/h5-8,10-11,13,16H,4,9,12,14H2,1-3H3,(H,25,28)/t16-/m1/s1. The number of carbonyl (C=O) groups excluding carboxylic acids is 2. The van der Waals surface area contributed by atoms with Gasteiger partial charge in [0.15, 0.2) is 0 Å². The molecule has 28 heavy (non-hydrogen) atoms. The molecule has 1 N–H and O–H groups in total. The average molecular weight is 421 g/mol. The fraction of sp³-hybridized carbons (Fsp3) is 0.364. The quantitative estimate of drug-likeness (QED) is 0.667. The van der Waals surface area contributed by atoms with Gasteiger partial charge in [-0.1, -0.05) is 59.1 Å². The maximum Gasteiger partial charge on any atom is 0.242 e. The van der Waals surface area contributed by atoms with Crippen molar-refractivity contribution in [2.24, 2.45) is 0 Å². The Morgan fingerprint density at radius 1 is 1.11 bits per heavy atom. The molecule has 1 atom stereocenters. The SMILES string of the molecule is CCNC(=O)[C@@H](C)N(Cc1ccc(Cl)cc1Cl)C(=O)CCc1ccc(C)cc1. The summed E-state index contributed by atoms with van der Waals surface area (Å²) in [6, 6.07) is 12.7. The van der Waals surface area contributed by atoms with Gasteiger partial charge >= 0.3 is 0 Å². The number of hydrogen-bond donors (Lipinski definition) is 1. The molecule has 4 nitrogen and oxygen atoms in total. The lowest BCUT2D eigenvalue weighted by molar-refractivity contribution is -0.140. The first-order valence-corrected chi connectivity index (χ1v) is 10.1. The van der Waals surface area contributed by atoms with Gasteiger partial charge in [0.05, 0.1) is 0 Å². The van der Waals surface area contributed by atoms with Gasteiger partial charge in [0.25, 0.3) is 0 Å². The summed E-state index contributed by atoms with van der Waals surface area (Å²) in [5.41, 5.74) is 3.03. The number of halogens is 2. The molecule has 0 aliphatic rings. The summed E-state index contributed by atoms with van der Waals surface area (Å²) in [5, 5.41) is 3.79. The van der Waals surface area contributed by atoms with Crippen LogP contribution in [0, 0.1) is 6.92 Å². The zero-order chi connectivity index (χ0) is 20.7. The van der Waals surface area contributed by atoms with Gasteiger partial charge < -0.3 is 10.2 Å². The van der Waals surface area contributed by atoms with Crippen LogP contribution in [0.2, 0.25) is 10.0 Å². The maximum atomic E-state index is 13.0. The average Bonchev–Trinajstić information content (AvgIpc) is 2.66. The summed E-state index contributed by atoms with van der Waals surface area (Å²) in [6.07, 6.45) is 0.935. The first-order valence-electron chi connectivity index (χ1n) is 9.38. The number of nitrogens with zero attached hydrogens (tertiary/aromatic N) is 1. The number of hydrogen-bond acceptors (Lipinski definition) is 2. The molecule has 0 fully saturated rings. The molecular formula is C22H26Cl2N2O2. The van der Waals surface area contributed by atoms with Crippen LogP contribution in [0.25, 0.3) is 0 Å². The number of nitrogens with one attached hydrogen (secondary N) is 1. The van der Waals surface area contributed by atoms with Crippen LogP contribution < -0.4 is 5.32 Å². The second kappa shape index (κ2) is 10.5. The van der Waals surface area contributed by atoms with Crippen molar-refractivity contribution in [3.05, 3.63) is 69.2 Å². The number of rotatable bonds is 8. The predicted octanol–water partition coefficient (Wildman–Crippen LogP) is 4.79. The van der Waals surface area contributed by atoms with Crippen LogP contribution in [0.3, 0.4) is 0 Å². The van der Waals surface area contributed by atoms with E-state index in [9.17, 15) is 9.59 Å². The molecule has 0 radical (unpaired) electrons. The van der Waals surface area contributed by atoms with Gasteiger partial charge in [-0.2, -0.15) is 0 Å². The largest absolute Gasteiger partial charge is 0.355 e. The Balaban J connectivity index is 2.17. The second-order valence-electron chi connectivity index (χ2n) is 6.81. The number of aryl methyl sites for hydroxylation is 2. The first kappa shape index (κ1) is 22.3. The lowest BCUT2D eigenvalue weighted by Crippen LogP contribution is -2.47. The summed E-state index contributed by atoms with van der Waals surface area (Å²) >= 11 is 12.3. The van der Waals surface area contributed by atoms with Crippen LogP contribution in [0.1, 0.15) is 37.0 Å². The number of carbonyl (C=O) groups is 2. The van der Waals surface area contributed by atoms with Crippen molar-refractivity contribution in [3.8, 4) is 0 Å². The molecule has 0 bridgehead atoms. The van der Waals surface area contributed by atoms with Crippen LogP contribution in [-0.4, -0.2) is 29.3 Å². The predicted molar refractivity (Wildman–Crippen MR) is 115 cm³/mol. The molecule has 0 saturated carbocycles. The molecule has 0 saturated heterocycles. The lowest BCUT2D eigenvalue weighted by atomic mass is 10.1. The van der Waals surface area contributed by atoms with Gasteiger partial charge in [0.1, 0.15) is 6.04 Å². The molecule has 2 aromatic carbocycles. The molecule has 2 rings (SSSR count). The fourth-order valence-corrected chi connectivity index (χ4v) is 3.36. The van der Waals surface area contributed by atoms with E-state index >= 15 is 0 Å². The molecule has 0 aliphatic carbocycles. The van der Waals surface area contributed by atoms with E-state index in [1.807, 2.05) is 38.1 Å². The molecule has 0 aliphatic heterocycles. The number of benzene rings is 2. The number of likely N-dealkylation sites (N-methyl/N-ethyl adjacent to an activating group) is 1. The minimum Gasteiger partial charge on any atom is -0.355 e. The second-order valence-corrected chi connectivity index (χ2v) is 7.66. The third kappa shape index (κ3) is 6.25. The Kier molecular flexibility index (Phi) is 8.34. The molecule has 2 amide bonds. The van der Waals surface area contributed by atoms with Gasteiger partial charge in [0, 0.05) is 29.6 Å². The molecule has 2 aromatic rings. The van der Waals surface area contributed by atoms with Gasteiger partial charge in [-0.25, -0.2) is 0 Å². The van der Waals surface area contributed by atoms with Crippen molar-refractivity contribution < 1.29 is 9.59 Å². The van der Waals surface area contributed by atoms with Crippen LogP contribution in [0.4, 0.5) is 0 Å². The van der Waals surface area contributed by atoms with E-state index in [4.69, 9.17) is 23.2 Å². The normalized spacial score (nSPS) is 11.8. The highest BCUT2D eigenvalue weighted by Crippen LogP contribution is 2.23. The van der Waals surface area contributed by atoms with Crippen LogP contribution in [-0.2, 0) is 22.6 Å². The summed E-state index contributed by atoms with van der Waals surface area (Å²) < 4.78 is 0. The minimum atomic E-state index is -0.600. The third-order valence-electron chi connectivity index (χ3n) is 4.62. The topological polar surface area (TPSA) is 49.4 Å². The van der Waals surface area contributed by atoms with Crippen LogP contribution in [0.15, 0.2) is 42.5 Å². The van der Waals surface area contributed by atoms with E-state index in [1.165, 1.54) is 5.56 Å². The fourth-order valence-electron chi connectivity index (χ4n) is 2.89. The van der Waals surface area contributed by atoms with E-state index in [2.05, 4.69) is 5.32 Å². The van der Waals surface area contributed by atoms with Crippen molar-refractivity contribution in [1.82, 2.24) is 10.2 Å². The third-order valence-corrected chi connectivity index (χ3v) is 5.21. The van der Waals surface area contributed by atoms with Gasteiger partial charge in [-0.3, -0.25) is 9.59 Å². The highest BCUT2D eigenvalue weighted by atomic mass is 35.5. The zero-order valence-electron chi connectivity index (χ0n) is 16.5. The van der Waals surface area contributed by atoms with E-state index < -0.39 is 6.04 Å². The van der Waals surface area contributed by atoms with Gasteiger partial charge in [0.2, 0.25) is 11.8 Å². The van der Waals surface area contributed by atoms with Crippen LogP contribution in [0.5, 0.6) is 0 Å². The van der Waals surface area contributed by atoms with Crippen molar-refractivity contribution >= 4 is 35.0 Å². The lowest BCUT2D eigenvalue weighted by Gasteiger charge is -2.29. The molecule has 0 unspecified atom stereocenters. The van der Waals surface area contributed by atoms with E-state index in [-0.39, 0.29) is 18.4 Å². The van der Waals surface area contributed by atoms with Gasteiger partial charge in [-0.05, 0) is 50.5 Å². The maximum absolute atomic E-state index is 13.0. The van der Waals surface area contributed by atoms with E-state index in [0.717, 1.165) is 11.1 Å². The highest BCUT2D eigenvalue weighted by molar-refractivity contribution is 6.35. The molecular weight excluding hydrogens is 395 g/mol. The summed E-state index contributed by atoms with van der Waals surface area (Å²) in [4.78, 5) is 26.9. The molecule has 150 valence electrons. The number of amides is 2. The zero-order valence-corrected chi connectivity index (χ0v) is 18.0. The van der Waals surface area contributed by atoms with E-state index in [1.54, 1.807) is 30.0 Å². The first-order chi connectivity index (χ1) is 13.3. The highest BCUT2D eigenvalue weighted by Gasteiger charge is 2.26.